The fourth-order valence-corrected chi connectivity index (χ4v) is 4.20. The molecule has 0 atom stereocenters. The molecular weight excluding hydrogens is 401 g/mol. The molecule has 2 heterocycles. The van der Waals surface area contributed by atoms with Crippen LogP contribution in [0.4, 0.5) is 14.9 Å². The number of hydrogen-bond donors (Lipinski definition) is 1. The number of hydrogen-bond acceptors (Lipinski definition) is 4. The van der Waals surface area contributed by atoms with E-state index >= 15 is 0 Å². The topological polar surface area (TPSA) is 79.0 Å². The fourth-order valence-electron chi connectivity index (χ4n) is 4.20. The minimum Gasteiger partial charge on any atom is -0.462 e. The Morgan fingerprint density at radius 3 is 2.35 bits per heavy atom. The highest BCUT2D eigenvalue weighted by Crippen LogP contribution is 2.30. The molecule has 31 heavy (non-hydrogen) atoms. The number of carbonyl (C=O) groups is 3. The van der Waals surface area contributed by atoms with Crippen molar-refractivity contribution in [1.82, 2.24) is 9.80 Å². The van der Waals surface area contributed by atoms with Crippen molar-refractivity contribution in [3.8, 4) is 0 Å². The molecule has 1 N–H and O–H groups in total. The SMILES string of the molecule is COC(=O)C(=O)N1CCC(c2ccc(NC(=O)N3Cc4cccc(F)c4C3)cc2)CC1. The van der Waals surface area contributed by atoms with Crippen LogP contribution in [-0.4, -0.2) is 47.9 Å². The van der Waals surface area contributed by atoms with Gasteiger partial charge >= 0.3 is 17.9 Å². The molecular formula is C23H24FN3O4. The maximum absolute atomic E-state index is 13.9. The van der Waals surface area contributed by atoms with Crippen molar-refractivity contribution >= 4 is 23.6 Å². The van der Waals surface area contributed by atoms with Gasteiger partial charge in [0.25, 0.3) is 0 Å². The van der Waals surface area contributed by atoms with Crippen LogP contribution in [0.1, 0.15) is 35.4 Å². The van der Waals surface area contributed by atoms with Gasteiger partial charge in [-0.2, -0.15) is 0 Å². The third-order valence-electron chi connectivity index (χ3n) is 5.99. The highest BCUT2D eigenvalue weighted by atomic mass is 19.1. The summed E-state index contributed by atoms with van der Waals surface area (Å²) in [6, 6.07) is 12.3. The molecule has 1 saturated heterocycles. The monoisotopic (exact) mass is 425 g/mol. The molecule has 2 aliphatic heterocycles. The molecule has 1 fully saturated rings. The molecule has 3 amide bonds. The van der Waals surface area contributed by atoms with Crippen LogP contribution < -0.4 is 5.32 Å². The Bertz CT molecular complexity index is 1000. The predicted octanol–water partition coefficient (Wildman–Crippen LogP) is 3.25. The van der Waals surface area contributed by atoms with Crippen LogP contribution in [0.25, 0.3) is 0 Å². The second kappa shape index (κ2) is 8.75. The van der Waals surface area contributed by atoms with Crippen LogP contribution in [-0.2, 0) is 27.4 Å². The normalized spacial score (nSPS) is 16.1. The van der Waals surface area contributed by atoms with E-state index in [9.17, 15) is 18.8 Å². The first-order valence-electron chi connectivity index (χ1n) is 10.3. The molecule has 0 spiro atoms. The molecule has 2 aromatic carbocycles. The number of benzene rings is 2. The van der Waals surface area contributed by atoms with Crippen molar-refractivity contribution in [2.75, 3.05) is 25.5 Å². The number of amides is 3. The first-order valence-corrected chi connectivity index (χ1v) is 10.3. The summed E-state index contributed by atoms with van der Waals surface area (Å²) in [5, 5.41) is 2.87. The number of methoxy groups -OCH3 is 1. The van der Waals surface area contributed by atoms with Crippen molar-refractivity contribution in [3.63, 3.8) is 0 Å². The second-order valence-corrected chi connectivity index (χ2v) is 7.84. The zero-order chi connectivity index (χ0) is 22.0. The Morgan fingerprint density at radius 1 is 1.00 bits per heavy atom. The molecule has 8 heteroatoms. The highest BCUT2D eigenvalue weighted by molar-refractivity contribution is 6.32. The zero-order valence-electron chi connectivity index (χ0n) is 17.3. The van der Waals surface area contributed by atoms with Gasteiger partial charge in [0.1, 0.15) is 5.82 Å². The Labute approximate surface area is 179 Å². The number of nitrogens with one attached hydrogen (secondary N) is 1. The van der Waals surface area contributed by atoms with Gasteiger partial charge in [-0.1, -0.05) is 24.3 Å². The first-order chi connectivity index (χ1) is 15.0. The van der Waals surface area contributed by atoms with Gasteiger partial charge < -0.3 is 19.9 Å². The number of piperidine rings is 1. The van der Waals surface area contributed by atoms with Crippen LogP contribution in [0.5, 0.6) is 0 Å². The van der Waals surface area contributed by atoms with Crippen molar-refractivity contribution in [2.45, 2.75) is 31.8 Å². The van der Waals surface area contributed by atoms with Crippen LogP contribution >= 0.6 is 0 Å². The van der Waals surface area contributed by atoms with E-state index in [2.05, 4.69) is 10.1 Å². The van der Waals surface area contributed by atoms with Gasteiger partial charge in [0, 0.05) is 30.9 Å². The number of halogens is 1. The molecule has 4 rings (SSSR count). The van der Waals surface area contributed by atoms with Crippen LogP contribution in [0.15, 0.2) is 42.5 Å². The number of nitrogens with zero attached hydrogens (tertiary/aromatic N) is 2. The van der Waals surface area contributed by atoms with E-state index < -0.39 is 11.9 Å². The van der Waals surface area contributed by atoms with Gasteiger partial charge in [0.05, 0.1) is 13.7 Å². The number of urea groups is 1. The van der Waals surface area contributed by atoms with Crippen molar-refractivity contribution in [1.29, 1.82) is 0 Å². The number of carbonyl (C=O) groups excluding carboxylic acids is 3. The molecule has 0 bridgehead atoms. The Kier molecular flexibility index (Phi) is 5.88. The van der Waals surface area contributed by atoms with Gasteiger partial charge in [-0.15, -0.1) is 0 Å². The minimum atomic E-state index is -0.831. The number of ether oxygens (including phenoxy) is 1. The van der Waals surface area contributed by atoms with Gasteiger partial charge in [0.2, 0.25) is 0 Å². The van der Waals surface area contributed by atoms with E-state index in [1.165, 1.54) is 18.1 Å². The first kappa shape index (κ1) is 20.8. The lowest BCUT2D eigenvalue weighted by Gasteiger charge is -2.31. The average molecular weight is 425 g/mol. The molecule has 0 aliphatic carbocycles. The molecule has 2 aromatic rings. The number of rotatable bonds is 2. The molecule has 0 aromatic heterocycles. The summed E-state index contributed by atoms with van der Waals surface area (Å²) in [6.07, 6.45) is 1.51. The maximum Gasteiger partial charge on any atom is 0.396 e. The van der Waals surface area contributed by atoms with E-state index in [0.29, 0.717) is 30.9 Å². The zero-order valence-corrected chi connectivity index (χ0v) is 17.3. The molecule has 0 unspecified atom stereocenters. The predicted molar refractivity (Wildman–Crippen MR) is 112 cm³/mol. The molecule has 0 saturated carbocycles. The number of likely N-dealkylation sites (tertiary alicyclic amines) is 1. The van der Waals surface area contributed by atoms with Crippen LogP contribution in [0.3, 0.4) is 0 Å². The smallest absolute Gasteiger partial charge is 0.396 e. The summed E-state index contributed by atoms with van der Waals surface area (Å²) in [5.74, 6) is -1.43. The molecule has 7 nitrogen and oxygen atoms in total. The summed E-state index contributed by atoms with van der Waals surface area (Å²) in [6.45, 7) is 1.65. The fraction of sp³-hybridized carbons (Fsp3) is 0.348. The van der Waals surface area contributed by atoms with Gasteiger partial charge in [-0.05, 0) is 48.1 Å². The lowest BCUT2D eigenvalue weighted by molar-refractivity contribution is -0.158. The molecule has 0 radical (unpaired) electrons. The van der Waals surface area contributed by atoms with Gasteiger partial charge in [-0.25, -0.2) is 14.0 Å². The second-order valence-electron chi connectivity index (χ2n) is 7.84. The average Bonchev–Trinajstić information content (AvgIpc) is 3.25. The summed E-state index contributed by atoms with van der Waals surface area (Å²) in [5.41, 5.74) is 3.20. The lowest BCUT2D eigenvalue weighted by atomic mass is 9.89. The third-order valence-corrected chi connectivity index (χ3v) is 5.99. The van der Waals surface area contributed by atoms with Crippen LogP contribution in [0, 0.1) is 5.82 Å². The Hall–Kier alpha value is -3.42. The van der Waals surface area contributed by atoms with E-state index in [1.807, 2.05) is 30.3 Å². The van der Waals surface area contributed by atoms with Crippen molar-refractivity contribution in [3.05, 3.63) is 65.0 Å². The molecule has 162 valence electrons. The highest BCUT2D eigenvalue weighted by Gasteiger charge is 2.28. The quantitative estimate of drug-likeness (QED) is 0.592. The molecule has 2 aliphatic rings. The largest absolute Gasteiger partial charge is 0.462 e. The number of fused-ring (bicyclic) bond motifs is 1. The number of esters is 1. The van der Waals surface area contributed by atoms with Gasteiger partial charge in [0.15, 0.2) is 0 Å². The summed E-state index contributed by atoms with van der Waals surface area (Å²) >= 11 is 0. The summed E-state index contributed by atoms with van der Waals surface area (Å²) in [4.78, 5) is 39.0. The van der Waals surface area contributed by atoms with Gasteiger partial charge in [-0.3, -0.25) is 4.79 Å². The standard InChI is InChI=1S/C23H24FN3O4/c1-31-22(29)21(28)26-11-9-16(10-12-26)15-5-7-18(8-6-15)25-23(30)27-13-17-3-2-4-20(24)19(17)14-27/h2-8,16H,9-14H2,1H3,(H,25,30). The van der Waals surface area contributed by atoms with E-state index in [1.54, 1.807) is 11.0 Å². The summed E-state index contributed by atoms with van der Waals surface area (Å²) in [7, 11) is 1.20. The van der Waals surface area contributed by atoms with E-state index in [-0.39, 0.29) is 24.3 Å². The van der Waals surface area contributed by atoms with Crippen molar-refractivity contribution < 1.29 is 23.5 Å². The summed E-state index contributed by atoms with van der Waals surface area (Å²) < 4.78 is 18.4. The maximum atomic E-state index is 13.9. The minimum absolute atomic E-state index is 0.259. The number of anilines is 1. The van der Waals surface area contributed by atoms with Crippen LogP contribution in [0.2, 0.25) is 0 Å². The third kappa shape index (κ3) is 4.38. The van der Waals surface area contributed by atoms with E-state index in [0.717, 1.165) is 24.0 Å². The van der Waals surface area contributed by atoms with E-state index in [4.69, 9.17) is 0 Å². The Balaban J connectivity index is 1.31. The van der Waals surface area contributed by atoms with Crippen molar-refractivity contribution in [2.24, 2.45) is 0 Å². The Morgan fingerprint density at radius 2 is 1.71 bits per heavy atom. The lowest BCUT2D eigenvalue weighted by Crippen LogP contribution is -2.42.